The highest BCUT2D eigenvalue weighted by atomic mass is 35.5. The van der Waals surface area contributed by atoms with Gasteiger partial charge in [-0.3, -0.25) is 14.4 Å². The minimum Gasteiger partial charge on any atom is -0.495 e. The maximum absolute atomic E-state index is 11.9. The van der Waals surface area contributed by atoms with E-state index in [-0.39, 0.29) is 5.69 Å². The van der Waals surface area contributed by atoms with E-state index >= 15 is 0 Å². The van der Waals surface area contributed by atoms with Gasteiger partial charge in [-0.05, 0) is 36.4 Å². The molecule has 0 spiro atoms. The molecule has 0 saturated heterocycles. The number of anilines is 2. The fourth-order valence-electron chi connectivity index (χ4n) is 2.00. The maximum atomic E-state index is 11.9. The molecule has 0 radical (unpaired) electrons. The highest BCUT2D eigenvalue weighted by Crippen LogP contribution is 2.27. The number of nitrogens with one attached hydrogen (secondary N) is 3. The summed E-state index contributed by atoms with van der Waals surface area (Å²) in [5, 5.41) is 7.99. The number of amides is 3. The van der Waals surface area contributed by atoms with Gasteiger partial charge in [0.05, 0.1) is 18.7 Å². The molecule has 10 heteroatoms. The summed E-state index contributed by atoms with van der Waals surface area (Å²) in [6.07, 6.45) is 0. The lowest BCUT2D eigenvalue weighted by molar-refractivity contribution is -0.136. The lowest BCUT2D eigenvalue weighted by Gasteiger charge is -2.09. The van der Waals surface area contributed by atoms with Crippen LogP contribution in [0.25, 0.3) is 0 Å². The molecule has 0 heterocycles. The molecule has 3 N–H and O–H groups in total. The second kappa shape index (κ2) is 9.45. The maximum Gasteiger partial charge on any atom is 0.313 e. The lowest BCUT2D eigenvalue weighted by atomic mass is 10.3. The van der Waals surface area contributed by atoms with Crippen molar-refractivity contribution >= 4 is 63.9 Å². The Morgan fingerprint density at radius 3 is 2.15 bits per heavy atom. The third-order valence-electron chi connectivity index (χ3n) is 3.17. The summed E-state index contributed by atoms with van der Waals surface area (Å²) in [6.45, 7) is -0.411. The summed E-state index contributed by atoms with van der Waals surface area (Å²) in [5.41, 5.74) is 0.669. The number of carbonyl (C=O) groups excluding carboxylic acids is 3. The monoisotopic (exact) mass is 429 g/mol. The zero-order chi connectivity index (χ0) is 20.0. The second-order valence-electron chi connectivity index (χ2n) is 5.19. The first-order valence-corrected chi connectivity index (χ1v) is 8.60. The first-order chi connectivity index (χ1) is 12.8. The van der Waals surface area contributed by atoms with Crippen LogP contribution in [0, 0.1) is 0 Å². The minimum absolute atomic E-state index is 0.255. The molecule has 27 heavy (non-hydrogen) atoms. The van der Waals surface area contributed by atoms with Crippen LogP contribution < -0.4 is 20.7 Å². The number of rotatable bonds is 5. The number of ether oxygens (including phenoxy) is 1. The Hall–Kier alpha value is -2.48. The molecule has 3 amide bonds. The van der Waals surface area contributed by atoms with Crippen LogP contribution in [0.2, 0.25) is 15.1 Å². The molecule has 0 bridgehead atoms. The smallest absolute Gasteiger partial charge is 0.313 e. The van der Waals surface area contributed by atoms with E-state index in [1.54, 1.807) is 12.1 Å². The van der Waals surface area contributed by atoms with Crippen LogP contribution in [0.15, 0.2) is 36.4 Å². The van der Waals surface area contributed by atoms with Crippen molar-refractivity contribution in [2.45, 2.75) is 0 Å². The number of hydrogen-bond acceptors (Lipinski definition) is 4. The third kappa shape index (κ3) is 6.32. The lowest BCUT2D eigenvalue weighted by Crippen LogP contribution is -2.39. The third-order valence-corrected chi connectivity index (χ3v) is 3.90. The van der Waals surface area contributed by atoms with Gasteiger partial charge in [0.15, 0.2) is 0 Å². The van der Waals surface area contributed by atoms with E-state index in [0.29, 0.717) is 26.5 Å². The molecule has 0 aliphatic heterocycles. The summed E-state index contributed by atoms with van der Waals surface area (Å²) < 4.78 is 5.01. The number of benzene rings is 2. The molecule has 0 unspecified atom stereocenters. The van der Waals surface area contributed by atoms with Crippen LogP contribution in [-0.4, -0.2) is 31.4 Å². The summed E-state index contributed by atoms with van der Waals surface area (Å²) >= 11 is 17.6. The fourth-order valence-corrected chi connectivity index (χ4v) is 2.79. The molecule has 2 aromatic rings. The standard InChI is InChI=1S/C17H14Cl3N3O4/c1-27-14-3-2-11(7-13(14)20)22-15(24)8-21-16(25)17(26)23-12-5-9(18)4-10(19)6-12/h2-7H,8H2,1H3,(H,21,25)(H,22,24)(H,23,26). The number of halogens is 3. The van der Waals surface area contributed by atoms with Crippen LogP contribution >= 0.6 is 34.8 Å². The number of hydrogen-bond donors (Lipinski definition) is 3. The van der Waals surface area contributed by atoms with Crippen molar-refractivity contribution in [3.8, 4) is 5.75 Å². The molecular weight excluding hydrogens is 417 g/mol. The molecule has 0 aliphatic carbocycles. The minimum atomic E-state index is -0.992. The molecule has 0 fully saturated rings. The molecule has 7 nitrogen and oxygen atoms in total. The molecule has 142 valence electrons. The van der Waals surface area contributed by atoms with Crippen molar-refractivity contribution in [2.75, 3.05) is 24.3 Å². The average Bonchev–Trinajstić information content (AvgIpc) is 2.59. The van der Waals surface area contributed by atoms with Gasteiger partial charge < -0.3 is 20.7 Å². The van der Waals surface area contributed by atoms with E-state index in [9.17, 15) is 14.4 Å². The van der Waals surface area contributed by atoms with Crippen molar-refractivity contribution < 1.29 is 19.1 Å². The zero-order valence-electron chi connectivity index (χ0n) is 13.9. The topological polar surface area (TPSA) is 96.5 Å². The van der Waals surface area contributed by atoms with Crippen LogP contribution in [0.1, 0.15) is 0 Å². The summed E-state index contributed by atoms with van der Waals surface area (Å²) in [6, 6.07) is 9.00. The Kier molecular flexibility index (Phi) is 7.29. The SMILES string of the molecule is COc1ccc(NC(=O)CNC(=O)C(=O)Nc2cc(Cl)cc(Cl)c2)cc1Cl. The van der Waals surface area contributed by atoms with E-state index in [2.05, 4.69) is 16.0 Å². The van der Waals surface area contributed by atoms with Crippen molar-refractivity contribution in [1.82, 2.24) is 5.32 Å². The predicted molar refractivity (Wildman–Crippen MR) is 105 cm³/mol. The Balaban J connectivity index is 1.85. The molecule has 2 rings (SSSR count). The number of carbonyl (C=O) groups is 3. The van der Waals surface area contributed by atoms with Crippen LogP contribution in [0.5, 0.6) is 5.75 Å². The van der Waals surface area contributed by atoms with Crippen LogP contribution in [0.4, 0.5) is 11.4 Å². The summed E-state index contributed by atoms with van der Waals surface area (Å²) in [5.74, 6) is -2.04. The Morgan fingerprint density at radius 2 is 1.56 bits per heavy atom. The Morgan fingerprint density at radius 1 is 0.889 bits per heavy atom. The molecule has 2 aromatic carbocycles. The van der Waals surface area contributed by atoms with Gasteiger partial charge in [-0.2, -0.15) is 0 Å². The second-order valence-corrected chi connectivity index (χ2v) is 6.47. The van der Waals surface area contributed by atoms with Gasteiger partial charge in [0.2, 0.25) is 5.91 Å². The highest BCUT2D eigenvalue weighted by molar-refractivity contribution is 6.40. The van der Waals surface area contributed by atoms with Crippen molar-refractivity contribution in [3.05, 3.63) is 51.5 Å². The van der Waals surface area contributed by atoms with Gasteiger partial charge in [0.25, 0.3) is 0 Å². The Bertz CT molecular complexity index is 869. The zero-order valence-corrected chi connectivity index (χ0v) is 16.2. The fraction of sp³-hybridized carbons (Fsp3) is 0.118. The van der Waals surface area contributed by atoms with Crippen LogP contribution in [-0.2, 0) is 14.4 Å². The Labute approximate surface area is 169 Å². The first-order valence-electron chi connectivity index (χ1n) is 7.47. The predicted octanol–water partition coefficient (Wildman–Crippen LogP) is 3.35. The van der Waals surface area contributed by atoms with E-state index in [4.69, 9.17) is 39.5 Å². The average molecular weight is 431 g/mol. The van der Waals surface area contributed by atoms with E-state index in [1.807, 2.05) is 0 Å². The summed E-state index contributed by atoms with van der Waals surface area (Å²) in [4.78, 5) is 35.5. The molecular formula is C17H14Cl3N3O4. The highest BCUT2D eigenvalue weighted by Gasteiger charge is 2.15. The normalized spacial score (nSPS) is 10.1. The number of methoxy groups -OCH3 is 1. The molecule has 0 aliphatic rings. The van der Waals surface area contributed by atoms with Gasteiger partial charge in [-0.15, -0.1) is 0 Å². The van der Waals surface area contributed by atoms with Crippen molar-refractivity contribution in [3.63, 3.8) is 0 Å². The van der Waals surface area contributed by atoms with Gasteiger partial charge >= 0.3 is 11.8 Å². The van der Waals surface area contributed by atoms with Crippen LogP contribution in [0.3, 0.4) is 0 Å². The van der Waals surface area contributed by atoms with Crippen molar-refractivity contribution in [2.24, 2.45) is 0 Å². The van der Waals surface area contributed by atoms with Gasteiger partial charge in [-0.1, -0.05) is 34.8 Å². The molecule has 0 atom stereocenters. The van der Waals surface area contributed by atoms with Crippen molar-refractivity contribution in [1.29, 1.82) is 0 Å². The quantitative estimate of drug-likeness (QED) is 0.634. The first kappa shape index (κ1) is 20.8. The van der Waals surface area contributed by atoms with Gasteiger partial charge in [0, 0.05) is 21.4 Å². The van der Waals surface area contributed by atoms with Gasteiger partial charge in [-0.25, -0.2) is 0 Å². The molecule has 0 aromatic heterocycles. The largest absolute Gasteiger partial charge is 0.495 e. The van der Waals surface area contributed by atoms with E-state index < -0.39 is 24.3 Å². The summed E-state index contributed by atoms with van der Waals surface area (Å²) in [7, 11) is 1.47. The van der Waals surface area contributed by atoms with Gasteiger partial charge in [0.1, 0.15) is 5.75 Å². The van der Waals surface area contributed by atoms with E-state index in [0.717, 1.165) is 0 Å². The van der Waals surface area contributed by atoms with E-state index in [1.165, 1.54) is 31.4 Å². The molecule has 0 saturated carbocycles.